The van der Waals surface area contributed by atoms with Gasteiger partial charge < -0.3 is 9.47 Å². The Morgan fingerprint density at radius 1 is 1.29 bits per heavy atom. The molecule has 0 N–H and O–H groups in total. The van der Waals surface area contributed by atoms with Crippen LogP contribution in [0.2, 0.25) is 0 Å². The van der Waals surface area contributed by atoms with Crippen molar-refractivity contribution in [1.29, 1.82) is 0 Å². The zero-order valence-corrected chi connectivity index (χ0v) is 12.8. The van der Waals surface area contributed by atoms with Crippen LogP contribution >= 0.6 is 15.9 Å². The van der Waals surface area contributed by atoms with E-state index in [4.69, 9.17) is 9.47 Å². The Kier molecular flexibility index (Phi) is 3.68. The van der Waals surface area contributed by atoms with E-state index in [2.05, 4.69) is 15.9 Å². The van der Waals surface area contributed by atoms with Gasteiger partial charge in [-0.05, 0) is 35.9 Å². The Morgan fingerprint density at radius 2 is 2.10 bits per heavy atom. The Bertz CT molecular complexity index is 715. The number of rotatable bonds is 2. The second kappa shape index (κ2) is 5.48. The largest absolute Gasteiger partial charge is 0.494 e. The maximum Gasteiger partial charge on any atom is 0.170 e. The van der Waals surface area contributed by atoms with Crippen molar-refractivity contribution in [2.45, 2.75) is 12.5 Å². The lowest BCUT2D eigenvalue weighted by Crippen LogP contribution is -2.20. The second-order valence-corrected chi connectivity index (χ2v) is 5.68. The number of methoxy groups -OCH3 is 1. The first-order valence-corrected chi connectivity index (χ1v) is 7.20. The fourth-order valence-electron chi connectivity index (χ4n) is 2.37. The standard InChI is InChI=1S/C16H12BrFO3/c1-20-14-5-2-9(6-12(14)18)15-8-13(19)11-4-3-10(17)7-16(11)21-15/h2-7,15H,8H2,1H3. The van der Waals surface area contributed by atoms with Crippen molar-refractivity contribution in [3.63, 3.8) is 0 Å². The maximum absolute atomic E-state index is 13.8. The summed E-state index contributed by atoms with van der Waals surface area (Å²) < 4.78 is 25.3. The van der Waals surface area contributed by atoms with Crippen molar-refractivity contribution in [3.8, 4) is 11.5 Å². The third-order valence-corrected chi connectivity index (χ3v) is 3.92. The van der Waals surface area contributed by atoms with Crippen LogP contribution in [0.15, 0.2) is 40.9 Å². The summed E-state index contributed by atoms with van der Waals surface area (Å²) in [4.78, 5) is 12.2. The lowest BCUT2D eigenvalue weighted by molar-refractivity contribution is 0.0849. The molecule has 0 aromatic heterocycles. The molecule has 108 valence electrons. The molecular weight excluding hydrogens is 339 g/mol. The number of ether oxygens (including phenoxy) is 2. The van der Waals surface area contributed by atoms with Crippen LogP contribution in [0.25, 0.3) is 0 Å². The quantitative estimate of drug-likeness (QED) is 0.809. The van der Waals surface area contributed by atoms with Crippen LogP contribution in [0.4, 0.5) is 4.39 Å². The second-order valence-electron chi connectivity index (χ2n) is 4.77. The van der Waals surface area contributed by atoms with E-state index in [0.29, 0.717) is 16.9 Å². The first-order valence-electron chi connectivity index (χ1n) is 6.41. The molecule has 3 rings (SSSR count). The van der Waals surface area contributed by atoms with E-state index in [9.17, 15) is 9.18 Å². The van der Waals surface area contributed by atoms with Crippen molar-refractivity contribution < 1.29 is 18.7 Å². The highest BCUT2D eigenvalue weighted by atomic mass is 79.9. The highest BCUT2D eigenvalue weighted by Gasteiger charge is 2.28. The molecule has 5 heteroatoms. The van der Waals surface area contributed by atoms with Crippen LogP contribution in [-0.2, 0) is 0 Å². The first kappa shape index (κ1) is 14.1. The number of hydrogen-bond donors (Lipinski definition) is 0. The average Bonchev–Trinajstić information content (AvgIpc) is 2.46. The predicted molar refractivity (Wildman–Crippen MR) is 79.4 cm³/mol. The van der Waals surface area contributed by atoms with Gasteiger partial charge in [0, 0.05) is 4.47 Å². The maximum atomic E-state index is 13.8. The molecule has 2 aromatic carbocycles. The molecule has 21 heavy (non-hydrogen) atoms. The molecule has 0 saturated carbocycles. The molecule has 0 fully saturated rings. The molecule has 0 spiro atoms. The molecule has 2 aromatic rings. The number of hydrogen-bond acceptors (Lipinski definition) is 3. The van der Waals surface area contributed by atoms with Gasteiger partial charge in [0.2, 0.25) is 0 Å². The molecule has 0 aliphatic carbocycles. The number of carbonyl (C=O) groups excluding carboxylic acids is 1. The highest BCUT2D eigenvalue weighted by Crippen LogP contribution is 2.37. The lowest BCUT2D eigenvalue weighted by Gasteiger charge is -2.25. The topological polar surface area (TPSA) is 35.5 Å². The van der Waals surface area contributed by atoms with Crippen molar-refractivity contribution >= 4 is 21.7 Å². The molecule has 1 aliphatic rings. The van der Waals surface area contributed by atoms with E-state index < -0.39 is 11.9 Å². The smallest absolute Gasteiger partial charge is 0.170 e. The van der Waals surface area contributed by atoms with Crippen LogP contribution < -0.4 is 9.47 Å². The number of benzene rings is 2. The normalized spacial score (nSPS) is 17.1. The van der Waals surface area contributed by atoms with E-state index in [1.54, 1.807) is 24.3 Å². The third-order valence-electron chi connectivity index (χ3n) is 3.43. The Balaban J connectivity index is 1.95. The molecule has 0 saturated heterocycles. The number of Topliss-reactive ketones (excluding diaryl/α,β-unsaturated/α-hetero) is 1. The van der Waals surface area contributed by atoms with Gasteiger partial charge in [-0.15, -0.1) is 0 Å². The van der Waals surface area contributed by atoms with Gasteiger partial charge in [-0.1, -0.05) is 22.0 Å². The zero-order valence-electron chi connectivity index (χ0n) is 11.2. The minimum Gasteiger partial charge on any atom is -0.494 e. The lowest BCUT2D eigenvalue weighted by atomic mass is 9.96. The minimum atomic E-state index is -0.486. The van der Waals surface area contributed by atoms with Crippen LogP contribution in [0, 0.1) is 5.82 Å². The van der Waals surface area contributed by atoms with E-state index in [1.807, 2.05) is 0 Å². The molecule has 1 heterocycles. The Morgan fingerprint density at radius 3 is 2.81 bits per heavy atom. The fraction of sp³-hybridized carbons (Fsp3) is 0.188. The van der Waals surface area contributed by atoms with E-state index in [-0.39, 0.29) is 18.0 Å². The third kappa shape index (κ3) is 2.65. The molecule has 1 aliphatic heterocycles. The molecule has 1 unspecified atom stereocenters. The van der Waals surface area contributed by atoms with Gasteiger partial charge in [0.25, 0.3) is 0 Å². The predicted octanol–water partition coefficient (Wildman–Crippen LogP) is 4.30. The molecule has 0 radical (unpaired) electrons. The van der Waals surface area contributed by atoms with Gasteiger partial charge in [-0.25, -0.2) is 4.39 Å². The Hall–Kier alpha value is -1.88. The molecular formula is C16H12BrFO3. The van der Waals surface area contributed by atoms with Gasteiger partial charge in [0.1, 0.15) is 11.9 Å². The molecule has 3 nitrogen and oxygen atoms in total. The summed E-state index contributed by atoms with van der Waals surface area (Å²) in [7, 11) is 1.41. The number of ketones is 1. The van der Waals surface area contributed by atoms with Crippen molar-refractivity contribution in [2.24, 2.45) is 0 Å². The summed E-state index contributed by atoms with van der Waals surface area (Å²) in [5.41, 5.74) is 1.18. The van der Waals surface area contributed by atoms with Gasteiger partial charge >= 0.3 is 0 Å². The first-order chi connectivity index (χ1) is 10.1. The summed E-state index contributed by atoms with van der Waals surface area (Å²) in [6, 6.07) is 9.87. The van der Waals surface area contributed by atoms with Crippen molar-refractivity contribution in [2.75, 3.05) is 7.11 Å². The van der Waals surface area contributed by atoms with Crippen LogP contribution in [0.3, 0.4) is 0 Å². The van der Waals surface area contributed by atoms with Crippen LogP contribution in [0.5, 0.6) is 11.5 Å². The SMILES string of the molecule is COc1ccc(C2CC(=O)c3ccc(Br)cc3O2)cc1F. The summed E-state index contributed by atoms with van der Waals surface area (Å²) in [5.74, 6) is 0.210. The monoisotopic (exact) mass is 350 g/mol. The minimum absolute atomic E-state index is 0.00928. The van der Waals surface area contributed by atoms with Gasteiger partial charge in [-0.2, -0.15) is 0 Å². The number of fused-ring (bicyclic) bond motifs is 1. The Labute approximate surface area is 129 Å². The molecule has 1 atom stereocenters. The molecule has 0 amide bonds. The van der Waals surface area contributed by atoms with Gasteiger partial charge in [-0.3, -0.25) is 4.79 Å². The average molecular weight is 351 g/mol. The van der Waals surface area contributed by atoms with Crippen molar-refractivity contribution in [3.05, 3.63) is 57.8 Å². The van der Waals surface area contributed by atoms with Crippen molar-refractivity contribution in [1.82, 2.24) is 0 Å². The van der Waals surface area contributed by atoms with E-state index in [1.165, 1.54) is 19.2 Å². The van der Waals surface area contributed by atoms with Crippen LogP contribution in [-0.4, -0.2) is 12.9 Å². The highest BCUT2D eigenvalue weighted by molar-refractivity contribution is 9.10. The fourth-order valence-corrected chi connectivity index (χ4v) is 2.71. The zero-order chi connectivity index (χ0) is 15.0. The molecule has 0 bridgehead atoms. The van der Waals surface area contributed by atoms with Gasteiger partial charge in [0.15, 0.2) is 17.3 Å². The van der Waals surface area contributed by atoms with Gasteiger partial charge in [0.05, 0.1) is 19.1 Å². The summed E-state index contributed by atoms with van der Waals surface area (Å²) >= 11 is 3.35. The van der Waals surface area contributed by atoms with E-state index in [0.717, 1.165) is 4.47 Å². The summed E-state index contributed by atoms with van der Waals surface area (Å²) in [5, 5.41) is 0. The number of carbonyl (C=O) groups is 1. The number of halogens is 2. The van der Waals surface area contributed by atoms with Crippen LogP contribution in [0.1, 0.15) is 28.4 Å². The summed E-state index contributed by atoms with van der Waals surface area (Å²) in [6.07, 6.45) is -0.292. The summed E-state index contributed by atoms with van der Waals surface area (Å²) in [6.45, 7) is 0. The van der Waals surface area contributed by atoms with E-state index >= 15 is 0 Å².